The van der Waals surface area contributed by atoms with E-state index in [1.54, 1.807) is 36.4 Å². The first-order valence-electron chi connectivity index (χ1n) is 8.22. The highest BCUT2D eigenvalue weighted by atomic mass is 35.5. The molecular formula is C17H25ClN4O3S. The zero-order valence-corrected chi connectivity index (χ0v) is 16.7. The summed E-state index contributed by atoms with van der Waals surface area (Å²) in [6.07, 6.45) is 4.94. The van der Waals surface area contributed by atoms with Crippen LogP contribution in [0.5, 0.6) is 0 Å². The Balaban J connectivity index is 0.00000338. The fourth-order valence-electron chi connectivity index (χ4n) is 2.04. The summed E-state index contributed by atoms with van der Waals surface area (Å²) in [6.45, 7) is 4.38. The van der Waals surface area contributed by atoms with E-state index in [1.807, 2.05) is 20.9 Å². The Morgan fingerprint density at radius 1 is 1.23 bits per heavy atom. The molecule has 0 radical (unpaired) electrons. The minimum absolute atomic E-state index is 0. The van der Waals surface area contributed by atoms with E-state index < -0.39 is 10.0 Å². The lowest BCUT2D eigenvalue weighted by Crippen LogP contribution is -2.24. The molecule has 1 aromatic heterocycles. The van der Waals surface area contributed by atoms with Gasteiger partial charge in [0.1, 0.15) is 0 Å². The quantitative estimate of drug-likeness (QED) is 0.671. The highest BCUT2D eigenvalue weighted by Crippen LogP contribution is 2.13. The van der Waals surface area contributed by atoms with Crippen molar-refractivity contribution in [2.75, 3.05) is 13.6 Å². The van der Waals surface area contributed by atoms with Gasteiger partial charge in [-0.05, 0) is 44.2 Å². The highest BCUT2D eigenvalue weighted by molar-refractivity contribution is 7.89. The van der Waals surface area contributed by atoms with Gasteiger partial charge < -0.3 is 9.84 Å². The predicted octanol–water partition coefficient (Wildman–Crippen LogP) is 2.50. The van der Waals surface area contributed by atoms with Crippen molar-refractivity contribution in [3.8, 4) is 0 Å². The van der Waals surface area contributed by atoms with Crippen molar-refractivity contribution < 1.29 is 12.9 Å². The van der Waals surface area contributed by atoms with Gasteiger partial charge in [-0.25, -0.2) is 13.1 Å². The maximum absolute atomic E-state index is 12.0. The van der Waals surface area contributed by atoms with Gasteiger partial charge in [0.15, 0.2) is 5.82 Å². The van der Waals surface area contributed by atoms with E-state index in [9.17, 15) is 8.42 Å². The largest absolute Gasteiger partial charge is 0.335 e. The zero-order chi connectivity index (χ0) is 18.3. The SMILES string of the molecule is CCCNS(=O)(=O)c1ccc(/C=C/c2nc(CC(C)NC)no2)cc1.Cl. The lowest BCUT2D eigenvalue weighted by Gasteiger charge is -2.05. The van der Waals surface area contributed by atoms with Crippen LogP contribution in [0.15, 0.2) is 33.7 Å². The van der Waals surface area contributed by atoms with Gasteiger partial charge in [0.25, 0.3) is 5.89 Å². The standard InChI is InChI=1S/C17H24N4O3S.ClH/c1-4-11-19-25(22,23)15-8-5-14(6-9-15)7-10-17-20-16(21-24-17)12-13(2)18-3;/h5-10,13,18-19H,4,11-12H2,1-3H3;1H/b10-7+;. The molecule has 1 aromatic carbocycles. The molecule has 1 atom stereocenters. The summed E-state index contributed by atoms with van der Waals surface area (Å²) in [5, 5.41) is 7.04. The smallest absolute Gasteiger partial charge is 0.250 e. The van der Waals surface area contributed by atoms with E-state index in [0.29, 0.717) is 24.7 Å². The summed E-state index contributed by atoms with van der Waals surface area (Å²) < 4.78 is 31.8. The van der Waals surface area contributed by atoms with Crippen LogP contribution in [-0.4, -0.2) is 38.2 Å². The molecule has 144 valence electrons. The van der Waals surface area contributed by atoms with E-state index in [-0.39, 0.29) is 23.3 Å². The number of benzene rings is 1. The third-order valence-corrected chi connectivity index (χ3v) is 5.09. The van der Waals surface area contributed by atoms with Crippen molar-refractivity contribution in [1.29, 1.82) is 0 Å². The van der Waals surface area contributed by atoms with Gasteiger partial charge in [0.05, 0.1) is 4.90 Å². The van der Waals surface area contributed by atoms with E-state index in [0.717, 1.165) is 12.0 Å². The van der Waals surface area contributed by atoms with E-state index >= 15 is 0 Å². The molecule has 1 heterocycles. The monoisotopic (exact) mass is 400 g/mol. The molecule has 7 nitrogen and oxygen atoms in total. The summed E-state index contributed by atoms with van der Waals surface area (Å²) in [4.78, 5) is 4.54. The molecule has 0 bridgehead atoms. The number of nitrogens with zero attached hydrogens (tertiary/aromatic N) is 2. The lowest BCUT2D eigenvalue weighted by atomic mass is 10.2. The number of aromatic nitrogens is 2. The molecule has 0 fully saturated rings. The van der Waals surface area contributed by atoms with Crippen molar-refractivity contribution in [2.24, 2.45) is 0 Å². The molecule has 1 unspecified atom stereocenters. The Bertz CT molecular complexity index is 804. The van der Waals surface area contributed by atoms with Gasteiger partial charge in [-0.1, -0.05) is 24.2 Å². The Kier molecular flexibility index (Phi) is 8.94. The van der Waals surface area contributed by atoms with Crippen LogP contribution >= 0.6 is 12.4 Å². The first kappa shape index (κ1) is 22.3. The van der Waals surface area contributed by atoms with E-state index in [4.69, 9.17) is 4.52 Å². The molecule has 0 saturated carbocycles. The van der Waals surface area contributed by atoms with Gasteiger partial charge in [-0.3, -0.25) is 0 Å². The second-order valence-corrected chi connectivity index (χ2v) is 7.51. The third-order valence-electron chi connectivity index (χ3n) is 3.62. The molecule has 0 spiro atoms. The Morgan fingerprint density at radius 2 is 1.92 bits per heavy atom. The van der Waals surface area contributed by atoms with Gasteiger partial charge in [-0.2, -0.15) is 4.98 Å². The molecule has 0 saturated heterocycles. The molecule has 0 aliphatic rings. The van der Waals surface area contributed by atoms with Gasteiger partial charge in [-0.15, -0.1) is 12.4 Å². The van der Waals surface area contributed by atoms with Gasteiger partial charge >= 0.3 is 0 Å². The van der Waals surface area contributed by atoms with Gasteiger partial charge in [0, 0.05) is 25.1 Å². The Labute approximate surface area is 160 Å². The summed E-state index contributed by atoms with van der Waals surface area (Å²) >= 11 is 0. The fourth-order valence-corrected chi connectivity index (χ4v) is 3.17. The first-order chi connectivity index (χ1) is 11.9. The molecule has 2 N–H and O–H groups in total. The molecule has 26 heavy (non-hydrogen) atoms. The molecule has 9 heteroatoms. The number of rotatable bonds is 9. The Hall–Kier alpha value is -1.74. The average Bonchev–Trinajstić information content (AvgIpc) is 3.06. The van der Waals surface area contributed by atoms with Crippen LogP contribution < -0.4 is 10.0 Å². The van der Waals surface area contributed by atoms with Crippen molar-refractivity contribution in [2.45, 2.75) is 37.6 Å². The van der Waals surface area contributed by atoms with Crippen LogP contribution in [0, 0.1) is 0 Å². The maximum atomic E-state index is 12.0. The fraction of sp³-hybridized carbons (Fsp3) is 0.412. The average molecular weight is 401 g/mol. The van der Waals surface area contributed by atoms with Crippen molar-refractivity contribution in [3.63, 3.8) is 0 Å². The van der Waals surface area contributed by atoms with Crippen LogP contribution in [0.3, 0.4) is 0 Å². The first-order valence-corrected chi connectivity index (χ1v) is 9.70. The van der Waals surface area contributed by atoms with Crippen molar-refractivity contribution in [3.05, 3.63) is 41.5 Å². The number of hydrogen-bond acceptors (Lipinski definition) is 6. The van der Waals surface area contributed by atoms with Crippen LogP contribution in [0.25, 0.3) is 12.2 Å². The molecule has 2 aromatic rings. The maximum Gasteiger partial charge on any atom is 0.250 e. The number of nitrogens with one attached hydrogen (secondary N) is 2. The molecule has 2 rings (SSSR count). The minimum atomic E-state index is -3.44. The Morgan fingerprint density at radius 3 is 2.54 bits per heavy atom. The molecule has 0 aliphatic heterocycles. The summed E-state index contributed by atoms with van der Waals surface area (Å²) in [6, 6.07) is 6.89. The summed E-state index contributed by atoms with van der Waals surface area (Å²) in [7, 11) is -1.56. The van der Waals surface area contributed by atoms with Crippen LogP contribution in [0.2, 0.25) is 0 Å². The predicted molar refractivity (Wildman–Crippen MR) is 105 cm³/mol. The molecule has 0 aliphatic carbocycles. The molecule has 0 amide bonds. The highest BCUT2D eigenvalue weighted by Gasteiger charge is 2.12. The van der Waals surface area contributed by atoms with Crippen LogP contribution in [-0.2, 0) is 16.4 Å². The molecular weight excluding hydrogens is 376 g/mol. The van der Waals surface area contributed by atoms with E-state index in [2.05, 4.69) is 20.2 Å². The minimum Gasteiger partial charge on any atom is -0.335 e. The van der Waals surface area contributed by atoms with Gasteiger partial charge in [0.2, 0.25) is 10.0 Å². The second kappa shape index (κ2) is 10.4. The number of likely N-dealkylation sites (N-methyl/N-ethyl adjacent to an activating group) is 1. The number of hydrogen-bond donors (Lipinski definition) is 2. The normalized spacial score (nSPS) is 12.9. The van der Waals surface area contributed by atoms with Crippen molar-refractivity contribution in [1.82, 2.24) is 20.2 Å². The number of halogens is 1. The van der Waals surface area contributed by atoms with Crippen LogP contribution in [0.1, 0.15) is 37.5 Å². The van der Waals surface area contributed by atoms with Crippen LogP contribution in [0.4, 0.5) is 0 Å². The lowest BCUT2D eigenvalue weighted by molar-refractivity contribution is 0.400. The summed E-state index contributed by atoms with van der Waals surface area (Å²) in [5.74, 6) is 1.06. The number of sulfonamides is 1. The van der Waals surface area contributed by atoms with Crippen molar-refractivity contribution >= 4 is 34.6 Å². The summed E-state index contributed by atoms with van der Waals surface area (Å²) in [5.41, 5.74) is 0.845. The third kappa shape index (κ3) is 6.53. The zero-order valence-electron chi connectivity index (χ0n) is 15.1. The van der Waals surface area contributed by atoms with E-state index in [1.165, 1.54) is 0 Å². The second-order valence-electron chi connectivity index (χ2n) is 5.74. The topological polar surface area (TPSA) is 97.1 Å².